The highest BCUT2D eigenvalue weighted by atomic mass is 16.5. The monoisotopic (exact) mass is 339 g/mol. The van der Waals surface area contributed by atoms with Crippen molar-refractivity contribution in [2.24, 2.45) is 0 Å². The number of fused-ring (bicyclic) bond motifs is 1. The van der Waals surface area contributed by atoms with E-state index in [1.54, 1.807) is 35.2 Å². The molecule has 1 heterocycles. The van der Waals surface area contributed by atoms with Crippen LogP contribution in [0.4, 0.5) is 5.69 Å². The summed E-state index contributed by atoms with van der Waals surface area (Å²) in [6, 6.07) is 14.4. The third-order valence-electron chi connectivity index (χ3n) is 4.30. The lowest BCUT2D eigenvalue weighted by Gasteiger charge is -2.18. The first-order valence-corrected chi connectivity index (χ1v) is 8.31. The summed E-state index contributed by atoms with van der Waals surface area (Å²) in [6.45, 7) is 4.61. The number of carboxylic acid groups (broad SMARTS) is 1. The molecule has 0 aliphatic carbocycles. The molecule has 0 radical (unpaired) electrons. The Morgan fingerprint density at radius 2 is 1.84 bits per heavy atom. The minimum Gasteiger partial charge on any atom is -0.481 e. The molecule has 5 heteroatoms. The first-order valence-electron chi connectivity index (χ1n) is 8.31. The van der Waals surface area contributed by atoms with Crippen LogP contribution >= 0.6 is 0 Å². The molecule has 1 unspecified atom stereocenters. The van der Waals surface area contributed by atoms with Crippen molar-refractivity contribution in [2.45, 2.75) is 32.5 Å². The number of amides is 1. The van der Waals surface area contributed by atoms with E-state index in [9.17, 15) is 14.7 Å². The predicted octanol–water partition coefficient (Wildman–Crippen LogP) is 3.44. The number of aliphatic carboxylic acids is 1. The van der Waals surface area contributed by atoms with Gasteiger partial charge in [-0.2, -0.15) is 0 Å². The quantitative estimate of drug-likeness (QED) is 0.906. The summed E-state index contributed by atoms with van der Waals surface area (Å²) < 4.78 is 5.55. The van der Waals surface area contributed by atoms with Gasteiger partial charge in [-0.05, 0) is 43.2 Å². The molecule has 0 saturated heterocycles. The summed E-state index contributed by atoms with van der Waals surface area (Å²) in [5.74, 6) is -1.78. The standard InChI is InChI=1S/C20H21NO4/c1-13(2)25-12-14-7-9-15(10-8-14)19(22)21-11-17(20(23)24)16-5-3-4-6-18(16)21/h3-10,13,17H,11-12H2,1-2H3,(H,23,24). The molecular formula is C20H21NO4. The van der Waals surface area contributed by atoms with Gasteiger partial charge in [0.05, 0.1) is 12.7 Å². The number of carbonyl (C=O) groups excluding carboxylic acids is 1. The van der Waals surface area contributed by atoms with Crippen molar-refractivity contribution in [1.29, 1.82) is 0 Å². The number of rotatable bonds is 5. The Bertz CT molecular complexity index is 783. The van der Waals surface area contributed by atoms with Crippen LogP contribution in [-0.2, 0) is 16.1 Å². The van der Waals surface area contributed by atoms with E-state index >= 15 is 0 Å². The number of nitrogens with zero attached hydrogens (tertiary/aromatic N) is 1. The second-order valence-electron chi connectivity index (χ2n) is 6.42. The molecule has 0 aromatic heterocycles. The number of hydrogen-bond acceptors (Lipinski definition) is 3. The summed E-state index contributed by atoms with van der Waals surface area (Å²) in [7, 11) is 0. The second-order valence-corrected chi connectivity index (χ2v) is 6.42. The topological polar surface area (TPSA) is 66.8 Å². The van der Waals surface area contributed by atoms with Crippen molar-refractivity contribution >= 4 is 17.6 Å². The van der Waals surface area contributed by atoms with Crippen LogP contribution in [0.1, 0.15) is 41.3 Å². The van der Waals surface area contributed by atoms with Crippen LogP contribution in [0.15, 0.2) is 48.5 Å². The van der Waals surface area contributed by atoms with Crippen LogP contribution in [0.25, 0.3) is 0 Å². The lowest BCUT2D eigenvalue weighted by atomic mass is 10.0. The van der Waals surface area contributed by atoms with Gasteiger partial charge in [0.2, 0.25) is 0 Å². The van der Waals surface area contributed by atoms with Crippen molar-refractivity contribution in [3.63, 3.8) is 0 Å². The summed E-state index contributed by atoms with van der Waals surface area (Å²) >= 11 is 0. The molecule has 0 saturated carbocycles. The molecule has 130 valence electrons. The van der Waals surface area contributed by atoms with Gasteiger partial charge >= 0.3 is 5.97 Å². The van der Waals surface area contributed by atoms with E-state index in [1.807, 2.05) is 32.0 Å². The fourth-order valence-corrected chi connectivity index (χ4v) is 2.97. The summed E-state index contributed by atoms with van der Waals surface area (Å²) in [6.07, 6.45) is 0.148. The molecule has 1 amide bonds. The largest absolute Gasteiger partial charge is 0.481 e. The molecule has 2 aromatic carbocycles. The average Bonchev–Trinajstić information content (AvgIpc) is 3.00. The van der Waals surface area contributed by atoms with Crippen molar-refractivity contribution in [2.75, 3.05) is 11.4 Å². The SMILES string of the molecule is CC(C)OCc1ccc(C(=O)N2CC(C(=O)O)c3ccccc32)cc1. The Morgan fingerprint density at radius 1 is 1.16 bits per heavy atom. The van der Waals surface area contributed by atoms with E-state index in [0.29, 0.717) is 23.4 Å². The van der Waals surface area contributed by atoms with Gasteiger partial charge in [0, 0.05) is 17.8 Å². The normalized spacial score (nSPS) is 16.1. The van der Waals surface area contributed by atoms with Gasteiger partial charge in [-0.1, -0.05) is 30.3 Å². The molecule has 0 bridgehead atoms. The number of carboxylic acids is 1. The molecule has 2 aromatic rings. The molecule has 0 spiro atoms. The molecule has 25 heavy (non-hydrogen) atoms. The molecule has 1 aliphatic heterocycles. The zero-order valence-electron chi connectivity index (χ0n) is 14.3. The second kappa shape index (κ2) is 7.07. The van der Waals surface area contributed by atoms with Crippen molar-refractivity contribution in [3.05, 3.63) is 65.2 Å². The third-order valence-corrected chi connectivity index (χ3v) is 4.30. The maximum absolute atomic E-state index is 12.9. The third kappa shape index (κ3) is 3.56. The van der Waals surface area contributed by atoms with Crippen LogP contribution in [0, 0.1) is 0 Å². The highest BCUT2D eigenvalue weighted by molar-refractivity contribution is 6.08. The summed E-state index contributed by atoms with van der Waals surface area (Å²) in [5, 5.41) is 9.42. The van der Waals surface area contributed by atoms with Gasteiger partial charge < -0.3 is 14.7 Å². The number of carbonyl (C=O) groups is 2. The number of anilines is 1. The van der Waals surface area contributed by atoms with Gasteiger partial charge in [0.25, 0.3) is 5.91 Å². The Labute approximate surface area is 146 Å². The molecule has 1 atom stereocenters. The average molecular weight is 339 g/mol. The minimum atomic E-state index is -0.913. The Morgan fingerprint density at radius 3 is 2.48 bits per heavy atom. The van der Waals surface area contributed by atoms with E-state index < -0.39 is 11.9 Å². The van der Waals surface area contributed by atoms with Crippen molar-refractivity contribution in [1.82, 2.24) is 0 Å². The number of ether oxygens (including phenoxy) is 1. The first kappa shape index (κ1) is 17.2. The smallest absolute Gasteiger partial charge is 0.312 e. The maximum atomic E-state index is 12.9. The highest BCUT2D eigenvalue weighted by Gasteiger charge is 2.36. The van der Waals surface area contributed by atoms with Crippen LogP contribution in [0.2, 0.25) is 0 Å². The molecule has 3 rings (SSSR count). The van der Waals surface area contributed by atoms with Crippen LogP contribution in [0.3, 0.4) is 0 Å². The van der Waals surface area contributed by atoms with Gasteiger partial charge in [-0.3, -0.25) is 9.59 Å². The summed E-state index contributed by atoms with van der Waals surface area (Å²) in [4.78, 5) is 25.9. The number of benzene rings is 2. The lowest BCUT2D eigenvalue weighted by molar-refractivity contribution is -0.138. The fourth-order valence-electron chi connectivity index (χ4n) is 2.97. The van der Waals surface area contributed by atoms with E-state index in [4.69, 9.17) is 4.74 Å². The first-order chi connectivity index (χ1) is 12.0. The zero-order chi connectivity index (χ0) is 18.0. The molecular weight excluding hydrogens is 318 g/mol. The Kier molecular flexibility index (Phi) is 4.86. The Hall–Kier alpha value is -2.66. The van der Waals surface area contributed by atoms with Crippen LogP contribution < -0.4 is 4.90 Å². The molecule has 1 N–H and O–H groups in total. The van der Waals surface area contributed by atoms with E-state index in [-0.39, 0.29) is 18.6 Å². The zero-order valence-corrected chi connectivity index (χ0v) is 14.3. The van der Waals surface area contributed by atoms with E-state index in [0.717, 1.165) is 5.56 Å². The number of para-hydroxylation sites is 1. The van der Waals surface area contributed by atoms with Gasteiger partial charge in [0.15, 0.2) is 0 Å². The Balaban J connectivity index is 1.80. The van der Waals surface area contributed by atoms with Crippen LogP contribution in [-0.4, -0.2) is 29.6 Å². The highest BCUT2D eigenvalue weighted by Crippen LogP contribution is 2.37. The molecule has 0 fully saturated rings. The van der Waals surface area contributed by atoms with Gasteiger partial charge in [0.1, 0.15) is 5.92 Å². The van der Waals surface area contributed by atoms with Crippen LogP contribution in [0.5, 0.6) is 0 Å². The summed E-state index contributed by atoms with van der Waals surface area (Å²) in [5.41, 5.74) is 2.89. The molecule has 1 aliphatic rings. The van der Waals surface area contributed by atoms with Crippen molar-refractivity contribution in [3.8, 4) is 0 Å². The van der Waals surface area contributed by atoms with E-state index in [2.05, 4.69) is 0 Å². The lowest BCUT2D eigenvalue weighted by Crippen LogP contribution is -2.31. The van der Waals surface area contributed by atoms with Gasteiger partial charge in [-0.25, -0.2) is 0 Å². The van der Waals surface area contributed by atoms with Crippen molar-refractivity contribution < 1.29 is 19.4 Å². The molecule has 5 nitrogen and oxygen atoms in total. The fraction of sp³-hybridized carbons (Fsp3) is 0.300. The van der Waals surface area contributed by atoms with Gasteiger partial charge in [-0.15, -0.1) is 0 Å². The minimum absolute atomic E-state index is 0.148. The predicted molar refractivity (Wildman–Crippen MR) is 94.9 cm³/mol. The maximum Gasteiger partial charge on any atom is 0.312 e. The number of hydrogen-bond donors (Lipinski definition) is 1. The van der Waals surface area contributed by atoms with E-state index in [1.165, 1.54) is 0 Å².